The first kappa shape index (κ1) is 12.3. The van der Waals surface area contributed by atoms with Gasteiger partial charge in [0, 0.05) is 20.0 Å². The van der Waals surface area contributed by atoms with Crippen LogP contribution in [-0.2, 0) is 4.79 Å². The molecular formula is C13H15N3O2S. The largest absolute Gasteiger partial charge is 0.493 e. The molecule has 1 saturated heterocycles. The van der Waals surface area contributed by atoms with E-state index >= 15 is 0 Å². The summed E-state index contributed by atoms with van der Waals surface area (Å²) in [6, 6.07) is 0. The molecule has 0 bridgehead atoms. The highest BCUT2D eigenvalue weighted by Gasteiger charge is 2.25. The van der Waals surface area contributed by atoms with Gasteiger partial charge in [0.2, 0.25) is 11.8 Å². The maximum atomic E-state index is 11.3. The fourth-order valence-electron chi connectivity index (χ4n) is 2.69. The third kappa shape index (κ3) is 2.16. The van der Waals surface area contributed by atoms with E-state index < -0.39 is 0 Å². The second-order valence-corrected chi connectivity index (χ2v) is 5.71. The number of thiophene rings is 1. The van der Waals surface area contributed by atoms with Crippen LogP contribution in [0.4, 0.5) is 0 Å². The first-order chi connectivity index (χ1) is 9.16. The lowest BCUT2D eigenvalue weighted by molar-refractivity contribution is -0.129. The van der Waals surface area contributed by atoms with Crippen molar-refractivity contribution in [3.8, 4) is 5.88 Å². The number of carbonyl (C=O) groups is 1. The average Bonchev–Trinajstić information content (AvgIpc) is 2.84. The van der Waals surface area contributed by atoms with Gasteiger partial charge in [0.15, 0.2) is 0 Å². The second kappa shape index (κ2) is 4.77. The smallest absolute Gasteiger partial charge is 0.223 e. The standard InChI is InChI=1S/C13H15N3O2S/c1-8(17)16-4-2-9(3-5-16)10-6-19-13-11(10)12(18)14-7-15-13/h6-7,9H,2-5H2,1H3,(H,14,15,18). The van der Waals surface area contributed by atoms with E-state index in [1.807, 2.05) is 4.90 Å². The van der Waals surface area contributed by atoms with E-state index in [4.69, 9.17) is 0 Å². The van der Waals surface area contributed by atoms with Crippen LogP contribution >= 0.6 is 11.3 Å². The Kier molecular flexibility index (Phi) is 3.10. The van der Waals surface area contributed by atoms with Crippen molar-refractivity contribution in [2.75, 3.05) is 13.1 Å². The predicted octanol–water partition coefficient (Wildman–Crippen LogP) is 2.12. The number of hydrogen-bond donors (Lipinski definition) is 1. The van der Waals surface area contributed by atoms with Gasteiger partial charge in [0.1, 0.15) is 11.2 Å². The van der Waals surface area contributed by atoms with Gasteiger partial charge in [-0.25, -0.2) is 9.97 Å². The van der Waals surface area contributed by atoms with Crippen molar-refractivity contribution >= 4 is 27.5 Å². The fourth-order valence-corrected chi connectivity index (χ4v) is 3.67. The van der Waals surface area contributed by atoms with Crippen LogP contribution < -0.4 is 0 Å². The minimum Gasteiger partial charge on any atom is -0.493 e. The van der Waals surface area contributed by atoms with Crippen molar-refractivity contribution in [1.29, 1.82) is 0 Å². The number of aromatic hydroxyl groups is 1. The molecule has 100 valence electrons. The molecule has 6 heteroatoms. The lowest BCUT2D eigenvalue weighted by Crippen LogP contribution is -2.36. The Balaban J connectivity index is 1.88. The van der Waals surface area contributed by atoms with E-state index in [0.29, 0.717) is 5.92 Å². The van der Waals surface area contributed by atoms with E-state index in [1.54, 1.807) is 6.92 Å². The van der Waals surface area contributed by atoms with E-state index in [9.17, 15) is 9.90 Å². The number of likely N-dealkylation sites (tertiary alicyclic amines) is 1. The van der Waals surface area contributed by atoms with Gasteiger partial charge in [-0.05, 0) is 29.7 Å². The van der Waals surface area contributed by atoms with E-state index in [-0.39, 0.29) is 11.8 Å². The molecule has 0 atom stereocenters. The zero-order valence-electron chi connectivity index (χ0n) is 10.7. The Labute approximate surface area is 114 Å². The Morgan fingerprint density at radius 3 is 2.84 bits per heavy atom. The molecule has 1 aliphatic heterocycles. The quantitative estimate of drug-likeness (QED) is 0.867. The Morgan fingerprint density at radius 2 is 2.16 bits per heavy atom. The molecule has 1 fully saturated rings. The molecule has 0 radical (unpaired) electrons. The Hall–Kier alpha value is -1.69. The maximum Gasteiger partial charge on any atom is 0.223 e. The van der Waals surface area contributed by atoms with Gasteiger partial charge in [0.25, 0.3) is 0 Å². The number of piperidine rings is 1. The second-order valence-electron chi connectivity index (χ2n) is 4.85. The maximum absolute atomic E-state index is 11.3. The Bertz CT molecular complexity index is 617. The van der Waals surface area contributed by atoms with Crippen LogP contribution in [-0.4, -0.2) is 39.0 Å². The normalized spacial score (nSPS) is 17.0. The van der Waals surface area contributed by atoms with Gasteiger partial charge in [-0.1, -0.05) is 0 Å². The fraction of sp³-hybridized carbons (Fsp3) is 0.462. The molecule has 2 aromatic heterocycles. The van der Waals surface area contributed by atoms with Gasteiger partial charge in [-0.2, -0.15) is 0 Å². The summed E-state index contributed by atoms with van der Waals surface area (Å²) in [5.74, 6) is 0.580. The molecule has 2 aromatic rings. The van der Waals surface area contributed by atoms with Crippen LogP contribution in [0.2, 0.25) is 0 Å². The summed E-state index contributed by atoms with van der Waals surface area (Å²) in [5, 5.41) is 12.8. The number of fused-ring (bicyclic) bond motifs is 1. The number of rotatable bonds is 1. The van der Waals surface area contributed by atoms with Crippen LogP contribution in [0.5, 0.6) is 5.88 Å². The zero-order valence-corrected chi connectivity index (χ0v) is 11.5. The number of carbonyl (C=O) groups excluding carboxylic acids is 1. The average molecular weight is 277 g/mol. The number of hydrogen-bond acceptors (Lipinski definition) is 5. The lowest BCUT2D eigenvalue weighted by Gasteiger charge is -2.31. The summed E-state index contributed by atoms with van der Waals surface area (Å²) >= 11 is 1.54. The van der Waals surface area contributed by atoms with Gasteiger partial charge < -0.3 is 10.0 Å². The van der Waals surface area contributed by atoms with Crippen molar-refractivity contribution in [1.82, 2.24) is 14.9 Å². The molecule has 0 spiro atoms. The van der Waals surface area contributed by atoms with E-state index in [2.05, 4.69) is 15.3 Å². The highest BCUT2D eigenvalue weighted by atomic mass is 32.1. The SMILES string of the molecule is CC(=O)N1CCC(c2csc3ncnc(O)c23)CC1. The molecule has 1 aliphatic rings. The van der Waals surface area contributed by atoms with Crippen molar-refractivity contribution in [2.45, 2.75) is 25.7 Å². The third-order valence-electron chi connectivity index (χ3n) is 3.76. The number of nitrogens with zero attached hydrogens (tertiary/aromatic N) is 3. The van der Waals surface area contributed by atoms with Crippen molar-refractivity contribution < 1.29 is 9.90 Å². The van der Waals surface area contributed by atoms with Gasteiger partial charge >= 0.3 is 0 Å². The molecule has 5 nitrogen and oxygen atoms in total. The topological polar surface area (TPSA) is 66.3 Å². The Morgan fingerprint density at radius 1 is 1.42 bits per heavy atom. The molecule has 0 aliphatic carbocycles. The van der Waals surface area contributed by atoms with E-state index in [0.717, 1.165) is 41.7 Å². The van der Waals surface area contributed by atoms with Crippen LogP contribution in [0.25, 0.3) is 10.2 Å². The highest BCUT2D eigenvalue weighted by Crippen LogP contribution is 2.38. The predicted molar refractivity (Wildman–Crippen MR) is 73.3 cm³/mol. The first-order valence-corrected chi connectivity index (χ1v) is 7.21. The van der Waals surface area contributed by atoms with Crippen LogP contribution in [0, 0.1) is 0 Å². The van der Waals surface area contributed by atoms with E-state index in [1.165, 1.54) is 17.7 Å². The summed E-state index contributed by atoms with van der Waals surface area (Å²) in [6.45, 7) is 3.18. The van der Waals surface area contributed by atoms with Crippen LogP contribution in [0.1, 0.15) is 31.2 Å². The van der Waals surface area contributed by atoms with Crippen LogP contribution in [0.15, 0.2) is 11.7 Å². The highest BCUT2D eigenvalue weighted by molar-refractivity contribution is 7.17. The van der Waals surface area contributed by atoms with Gasteiger partial charge in [-0.15, -0.1) is 11.3 Å². The van der Waals surface area contributed by atoms with Gasteiger partial charge in [-0.3, -0.25) is 4.79 Å². The number of aromatic nitrogens is 2. The molecule has 3 heterocycles. The monoisotopic (exact) mass is 277 g/mol. The summed E-state index contributed by atoms with van der Waals surface area (Å²) in [4.78, 5) is 22.1. The molecule has 1 amide bonds. The summed E-state index contributed by atoms with van der Waals surface area (Å²) in [7, 11) is 0. The first-order valence-electron chi connectivity index (χ1n) is 6.33. The van der Waals surface area contributed by atoms with Crippen LogP contribution in [0.3, 0.4) is 0 Å². The lowest BCUT2D eigenvalue weighted by atomic mass is 9.89. The summed E-state index contributed by atoms with van der Waals surface area (Å²) < 4.78 is 0. The minimum atomic E-state index is 0.0650. The summed E-state index contributed by atoms with van der Waals surface area (Å²) in [6.07, 6.45) is 3.25. The molecule has 19 heavy (non-hydrogen) atoms. The van der Waals surface area contributed by atoms with Crippen molar-refractivity contribution in [2.24, 2.45) is 0 Å². The molecule has 0 aromatic carbocycles. The van der Waals surface area contributed by atoms with Crippen molar-refractivity contribution in [3.05, 3.63) is 17.3 Å². The van der Waals surface area contributed by atoms with Crippen molar-refractivity contribution in [3.63, 3.8) is 0 Å². The molecule has 3 rings (SSSR count). The zero-order chi connectivity index (χ0) is 13.4. The molecule has 1 N–H and O–H groups in total. The molecule has 0 saturated carbocycles. The third-order valence-corrected chi connectivity index (χ3v) is 4.66. The molecular weight excluding hydrogens is 262 g/mol. The molecule has 0 unspecified atom stereocenters. The minimum absolute atomic E-state index is 0.0650. The number of amides is 1. The summed E-state index contributed by atoms with van der Waals surface area (Å²) in [5.41, 5.74) is 1.13. The van der Waals surface area contributed by atoms with Gasteiger partial charge in [0.05, 0.1) is 5.39 Å².